The molecule has 0 fully saturated rings. The Morgan fingerprint density at radius 2 is 2.19 bits per heavy atom. The van der Waals surface area contributed by atoms with Gasteiger partial charge in [0, 0.05) is 13.7 Å². The molecule has 6 heteroatoms. The highest BCUT2D eigenvalue weighted by molar-refractivity contribution is 9.10. The van der Waals surface area contributed by atoms with Crippen LogP contribution in [-0.2, 0) is 4.74 Å². The van der Waals surface area contributed by atoms with Gasteiger partial charge in [-0.1, -0.05) is 0 Å². The summed E-state index contributed by atoms with van der Waals surface area (Å²) in [5, 5.41) is 2.34. The minimum absolute atomic E-state index is 0.0470. The first-order valence-corrected chi connectivity index (χ1v) is 5.28. The highest BCUT2D eigenvalue weighted by Gasteiger charge is 2.19. The van der Waals surface area contributed by atoms with Crippen molar-refractivity contribution in [2.45, 2.75) is 0 Å². The lowest BCUT2D eigenvalue weighted by Gasteiger charge is -2.07. The molecule has 0 atom stereocenters. The molecule has 0 heterocycles. The number of amides is 1. The van der Waals surface area contributed by atoms with Crippen molar-refractivity contribution in [1.82, 2.24) is 5.32 Å². The lowest BCUT2D eigenvalue weighted by Crippen LogP contribution is -2.28. The van der Waals surface area contributed by atoms with Crippen LogP contribution in [0.2, 0.25) is 0 Å². The zero-order valence-electron chi connectivity index (χ0n) is 8.52. The van der Waals surface area contributed by atoms with Crippen molar-refractivity contribution in [2.75, 3.05) is 20.3 Å². The predicted molar refractivity (Wildman–Crippen MR) is 58.3 cm³/mol. The minimum Gasteiger partial charge on any atom is -0.383 e. The van der Waals surface area contributed by atoms with Crippen LogP contribution in [0, 0.1) is 11.6 Å². The van der Waals surface area contributed by atoms with Crippen LogP contribution in [0.25, 0.3) is 0 Å². The third-order valence-electron chi connectivity index (χ3n) is 1.86. The first-order chi connectivity index (χ1) is 7.57. The summed E-state index contributed by atoms with van der Waals surface area (Å²) in [6.07, 6.45) is 0. The monoisotopic (exact) mass is 293 g/mol. The summed E-state index contributed by atoms with van der Waals surface area (Å²) in [6.45, 7) is 0.476. The van der Waals surface area contributed by atoms with Gasteiger partial charge in [0.25, 0.3) is 5.91 Å². The van der Waals surface area contributed by atoms with Crippen molar-refractivity contribution in [1.29, 1.82) is 0 Å². The van der Waals surface area contributed by atoms with Crippen LogP contribution in [0.15, 0.2) is 16.6 Å². The van der Waals surface area contributed by atoms with Gasteiger partial charge in [0.05, 0.1) is 11.1 Å². The van der Waals surface area contributed by atoms with Gasteiger partial charge in [0.1, 0.15) is 11.4 Å². The van der Waals surface area contributed by atoms with E-state index in [1.54, 1.807) is 0 Å². The average Bonchev–Trinajstić information content (AvgIpc) is 2.24. The molecule has 0 spiro atoms. The van der Waals surface area contributed by atoms with Crippen LogP contribution in [-0.4, -0.2) is 26.2 Å². The number of carbonyl (C=O) groups excluding carboxylic acids is 1. The van der Waals surface area contributed by atoms with Gasteiger partial charge in [0.15, 0.2) is 5.82 Å². The number of hydrogen-bond donors (Lipinski definition) is 1. The summed E-state index contributed by atoms with van der Waals surface area (Å²) >= 11 is 2.88. The van der Waals surface area contributed by atoms with E-state index in [0.29, 0.717) is 0 Å². The predicted octanol–water partition coefficient (Wildman–Crippen LogP) is 2.10. The maximum atomic E-state index is 13.4. The minimum atomic E-state index is -0.907. The molecule has 0 unspecified atom stereocenters. The maximum absolute atomic E-state index is 13.4. The number of carbonyl (C=O) groups is 1. The van der Waals surface area contributed by atoms with Gasteiger partial charge in [-0.2, -0.15) is 0 Å². The SMILES string of the molecule is COCCNC(=O)c1c(F)ccc(Br)c1F. The fraction of sp³-hybridized carbons (Fsp3) is 0.300. The summed E-state index contributed by atoms with van der Waals surface area (Å²) in [6, 6.07) is 2.23. The molecule has 0 saturated heterocycles. The van der Waals surface area contributed by atoms with Gasteiger partial charge < -0.3 is 10.1 Å². The molecule has 1 aromatic carbocycles. The zero-order valence-corrected chi connectivity index (χ0v) is 10.1. The molecular weight excluding hydrogens is 284 g/mol. The van der Waals surface area contributed by atoms with E-state index in [0.717, 1.165) is 6.07 Å². The lowest BCUT2D eigenvalue weighted by molar-refractivity contribution is 0.0928. The first-order valence-electron chi connectivity index (χ1n) is 4.48. The smallest absolute Gasteiger partial charge is 0.257 e. The Morgan fingerprint density at radius 3 is 2.81 bits per heavy atom. The number of benzene rings is 1. The van der Waals surface area contributed by atoms with Crippen molar-refractivity contribution in [2.24, 2.45) is 0 Å². The van der Waals surface area contributed by atoms with Gasteiger partial charge >= 0.3 is 0 Å². The summed E-state index contributed by atoms with van der Waals surface area (Å²) in [4.78, 5) is 11.4. The Morgan fingerprint density at radius 1 is 1.50 bits per heavy atom. The largest absolute Gasteiger partial charge is 0.383 e. The van der Waals surface area contributed by atoms with E-state index in [4.69, 9.17) is 4.74 Å². The van der Waals surface area contributed by atoms with Gasteiger partial charge in [-0.3, -0.25) is 4.79 Å². The summed E-state index contributed by atoms with van der Waals surface area (Å²) in [5.41, 5.74) is -0.592. The highest BCUT2D eigenvalue weighted by Crippen LogP contribution is 2.21. The fourth-order valence-electron chi connectivity index (χ4n) is 1.09. The fourth-order valence-corrected chi connectivity index (χ4v) is 1.42. The van der Waals surface area contributed by atoms with Crippen LogP contribution in [0.5, 0.6) is 0 Å². The van der Waals surface area contributed by atoms with E-state index >= 15 is 0 Å². The van der Waals surface area contributed by atoms with Crippen LogP contribution >= 0.6 is 15.9 Å². The highest BCUT2D eigenvalue weighted by atomic mass is 79.9. The number of ether oxygens (including phenoxy) is 1. The quantitative estimate of drug-likeness (QED) is 0.682. The maximum Gasteiger partial charge on any atom is 0.257 e. The van der Waals surface area contributed by atoms with Crippen molar-refractivity contribution in [3.63, 3.8) is 0 Å². The standard InChI is InChI=1S/C10H10BrF2NO2/c1-16-5-4-14-10(15)8-7(12)3-2-6(11)9(8)13/h2-3H,4-5H2,1H3,(H,14,15). The normalized spacial score (nSPS) is 10.2. The Kier molecular flexibility index (Phi) is 4.82. The summed E-state index contributed by atoms with van der Waals surface area (Å²) < 4.78 is 31.4. The first kappa shape index (κ1) is 13.1. The van der Waals surface area contributed by atoms with E-state index in [1.807, 2.05) is 0 Å². The molecule has 0 saturated carbocycles. The van der Waals surface area contributed by atoms with Crippen LogP contribution in [0.1, 0.15) is 10.4 Å². The van der Waals surface area contributed by atoms with Crippen molar-refractivity contribution in [3.05, 3.63) is 33.8 Å². The molecule has 3 nitrogen and oxygen atoms in total. The molecule has 0 aliphatic carbocycles. The third kappa shape index (κ3) is 2.99. The van der Waals surface area contributed by atoms with Gasteiger partial charge in [-0.15, -0.1) is 0 Å². The van der Waals surface area contributed by atoms with Gasteiger partial charge in [-0.25, -0.2) is 8.78 Å². The second kappa shape index (κ2) is 5.91. The summed E-state index contributed by atoms with van der Waals surface area (Å²) in [5.74, 6) is -2.60. The molecule has 16 heavy (non-hydrogen) atoms. The van der Waals surface area contributed by atoms with Crippen LogP contribution < -0.4 is 5.32 Å². The van der Waals surface area contributed by atoms with Crippen LogP contribution in [0.4, 0.5) is 8.78 Å². The molecular formula is C10H10BrF2NO2. The Balaban J connectivity index is 2.86. The van der Waals surface area contributed by atoms with Gasteiger partial charge in [-0.05, 0) is 28.1 Å². The molecule has 0 aliphatic heterocycles. The second-order valence-corrected chi connectivity index (χ2v) is 3.82. The second-order valence-electron chi connectivity index (χ2n) is 2.97. The Labute approximate surface area is 99.9 Å². The van der Waals surface area contributed by atoms with E-state index in [-0.39, 0.29) is 17.6 Å². The van der Waals surface area contributed by atoms with E-state index in [9.17, 15) is 13.6 Å². The molecule has 0 radical (unpaired) electrons. The van der Waals surface area contributed by atoms with Crippen molar-refractivity contribution >= 4 is 21.8 Å². The van der Waals surface area contributed by atoms with Gasteiger partial charge in [0.2, 0.25) is 0 Å². The number of halogens is 3. The lowest BCUT2D eigenvalue weighted by atomic mass is 10.2. The third-order valence-corrected chi connectivity index (χ3v) is 2.48. The van der Waals surface area contributed by atoms with E-state index < -0.39 is 23.1 Å². The number of nitrogens with one attached hydrogen (secondary N) is 1. The molecule has 1 N–H and O–H groups in total. The van der Waals surface area contributed by atoms with E-state index in [1.165, 1.54) is 13.2 Å². The van der Waals surface area contributed by atoms with Crippen molar-refractivity contribution < 1.29 is 18.3 Å². The number of rotatable bonds is 4. The molecule has 1 amide bonds. The van der Waals surface area contributed by atoms with E-state index in [2.05, 4.69) is 21.2 Å². The zero-order chi connectivity index (χ0) is 12.1. The Bertz CT molecular complexity index is 399. The molecule has 0 aromatic heterocycles. The molecule has 0 aliphatic rings. The van der Waals surface area contributed by atoms with Crippen molar-refractivity contribution in [3.8, 4) is 0 Å². The molecule has 1 aromatic rings. The molecule has 1 rings (SSSR count). The Hall–Kier alpha value is -1.01. The molecule has 0 bridgehead atoms. The van der Waals surface area contributed by atoms with Crippen LogP contribution in [0.3, 0.4) is 0 Å². The molecule has 88 valence electrons. The topological polar surface area (TPSA) is 38.3 Å². The number of hydrogen-bond acceptors (Lipinski definition) is 2. The number of methoxy groups -OCH3 is 1. The average molecular weight is 294 g/mol. The summed E-state index contributed by atoms with van der Waals surface area (Å²) in [7, 11) is 1.46.